The van der Waals surface area contributed by atoms with Crippen molar-refractivity contribution in [2.75, 3.05) is 0 Å². The van der Waals surface area contributed by atoms with Crippen molar-refractivity contribution in [1.29, 1.82) is 0 Å². The molecule has 2 N–H and O–H groups in total. The standard InChI is InChI=1S/C20H21N5OS/c1-20-4-2-14(23-20)8-15(9-20)27-18-11-22-19(25-24-18)16-6-12-3-5-21-10-13(12)7-17(16)26/h3,5-7,10-11,14-15,23,26H,2,4,8-9H2,1H3/t14-,15-,20+/m1/s1. The molecule has 0 aliphatic carbocycles. The zero-order valence-electron chi connectivity index (χ0n) is 15.1. The Balaban J connectivity index is 1.37. The molecule has 2 aliphatic rings. The average Bonchev–Trinajstić information content (AvgIpc) is 2.94. The van der Waals surface area contributed by atoms with Crippen LogP contribution in [0.3, 0.4) is 0 Å². The number of hydrogen-bond acceptors (Lipinski definition) is 7. The van der Waals surface area contributed by atoms with Crippen LogP contribution in [-0.2, 0) is 0 Å². The Hall–Kier alpha value is -2.25. The summed E-state index contributed by atoms with van der Waals surface area (Å²) in [5, 5.41) is 26.0. The van der Waals surface area contributed by atoms with Gasteiger partial charge in [0.05, 0.1) is 11.8 Å². The molecule has 0 amide bonds. The number of pyridine rings is 1. The number of hydrogen-bond donors (Lipinski definition) is 2. The SMILES string of the molecule is C[C@]12CC[C@H](C[C@@H](Sc3cnc(-c4cc5ccncc5cc4O)nn3)C1)N2. The third kappa shape index (κ3) is 3.26. The summed E-state index contributed by atoms with van der Waals surface area (Å²) >= 11 is 1.77. The van der Waals surface area contributed by atoms with Gasteiger partial charge in [0, 0.05) is 34.6 Å². The van der Waals surface area contributed by atoms with Gasteiger partial charge in [0.2, 0.25) is 0 Å². The lowest BCUT2D eigenvalue weighted by Crippen LogP contribution is -2.48. The number of fused-ring (bicyclic) bond motifs is 3. The molecular weight excluding hydrogens is 358 g/mol. The van der Waals surface area contributed by atoms with Gasteiger partial charge in [-0.15, -0.1) is 10.2 Å². The lowest BCUT2D eigenvalue weighted by molar-refractivity contribution is 0.307. The molecule has 27 heavy (non-hydrogen) atoms. The van der Waals surface area contributed by atoms with E-state index in [1.165, 1.54) is 19.3 Å². The van der Waals surface area contributed by atoms with Crippen molar-refractivity contribution in [2.24, 2.45) is 0 Å². The Morgan fingerprint density at radius 1 is 1.22 bits per heavy atom. The maximum absolute atomic E-state index is 10.3. The largest absolute Gasteiger partial charge is 0.507 e. The van der Waals surface area contributed by atoms with Gasteiger partial charge in [-0.3, -0.25) is 4.98 Å². The van der Waals surface area contributed by atoms with Gasteiger partial charge < -0.3 is 10.4 Å². The number of piperidine rings is 1. The molecule has 4 heterocycles. The van der Waals surface area contributed by atoms with Crippen LogP contribution in [0, 0.1) is 0 Å². The van der Waals surface area contributed by atoms with Gasteiger partial charge >= 0.3 is 0 Å². The summed E-state index contributed by atoms with van der Waals surface area (Å²) in [6, 6.07) is 6.10. The highest BCUT2D eigenvalue weighted by Gasteiger charge is 2.42. The molecule has 1 aromatic carbocycles. The van der Waals surface area contributed by atoms with Crippen molar-refractivity contribution in [1.82, 2.24) is 25.5 Å². The second-order valence-corrected chi connectivity index (χ2v) is 9.15. The van der Waals surface area contributed by atoms with E-state index in [4.69, 9.17) is 0 Å². The monoisotopic (exact) mass is 379 g/mol. The van der Waals surface area contributed by atoms with Gasteiger partial charge in [0.25, 0.3) is 0 Å². The molecule has 2 fully saturated rings. The smallest absolute Gasteiger partial charge is 0.185 e. The van der Waals surface area contributed by atoms with E-state index in [1.54, 1.807) is 36.4 Å². The number of aromatic hydroxyl groups is 1. The van der Waals surface area contributed by atoms with E-state index < -0.39 is 0 Å². The number of aromatic nitrogens is 4. The first-order chi connectivity index (χ1) is 13.1. The topological polar surface area (TPSA) is 83.8 Å². The van der Waals surface area contributed by atoms with E-state index in [1.807, 2.05) is 12.1 Å². The van der Waals surface area contributed by atoms with Crippen LogP contribution >= 0.6 is 11.8 Å². The Kier molecular flexibility index (Phi) is 4.02. The van der Waals surface area contributed by atoms with Crippen LogP contribution in [0.15, 0.2) is 41.8 Å². The van der Waals surface area contributed by atoms with Crippen molar-refractivity contribution in [3.8, 4) is 17.1 Å². The van der Waals surface area contributed by atoms with Gasteiger partial charge in [0.1, 0.15) is 10.8 Å². The molecular formula is C20H21N5OS. The second kappa shape index (κ2) is 6.42. The van der Waals surface area contributed by atoms with Gasteiger partial charge in [-0.25, -0.2) is 4.98 Å². The third-order valence-corrected chi connectivity index (χ3v) is 6.77. The molecule has 7 heteroatoms. The summed E-state index contributed by atoms with van der Waals surface area (Å²) < 4.78 is 0. The van der Waals surface area contributed by atoms with Gasteiger partial charge in [0.15, 0.2) is 5.82 Å². The van der Waals surface area contributed by atoms with E-state index in [0.29, 0.717) is 22.7 Å². The summed E-state index contributed by atoms with van der Waals surface area (Å²) in [4.78, 5) is 8.55. The molecule has 2 aromatic heterocycles. The molecule has 2 saturated heterocycles. The predicted molar refractivity (Wildman–Crippen MR) is 106 cm³/mol. The molecule has 6 nitrogen and oxygen atoms in total. The Morgan fingerprint density at radius 2 is 2.15 bits per heavy atom. The highest BCUT2D eigenvalue weighted by Crippen LogP contribution is 2.41. The first-order valence-electron chi connectivity index (χ1n) is 9.29. The third-order valence-electron chi connectivity index (χ3n) is 5.65. The van der Waals surface area contributed by atoms with Crippen molar-refractivity contribution in [3.63, 3.8) is 0 Å². The molecule has 138 valence electrons. The Morgan fingerprint density at radius 3 is 2.96 bits per heavy atom. The zero-order valence-corrected chi connectivity index (χ0v) is 15.9. The van der Waals surface area contributed by atoms with E-state index in [9.17, 15) is 5.11 Å². The quantitative estimate of drug-likeness (QED) is 0.720. The van der Waals surface area contributed by atoms with E-state index >= 15 is 0 Å². The molecule has 3 atom stereocenters. The number of phenols is 1. The average molecular weight is 379 g/mol. The first-order valence-corrected chi connectivity index (χ1v) is 10.2. The maximum atomic E-state index is 10.3. The highest BCUT2D eigenvalue weighted by atomic mass is 32.2. The first kappa shape index (κ1) is 16.9. The van der Waals surface area contributed by atoms with Crippen molar-refractivity contribution < 1.29 is 5.11 Å². The Labute approximate surface area is 161 Å². The molecule has 2 bridgehead atoms. The fourth-order valence-corrected chi connectivity index (χ4v) is 5.70. The van der Waals surface area contributed by atoms with Crippen molar-refractivity contribution >= 4 is 22.5 Å². The highest BCUT2D eigenvalue weighted by molar-refractivity contribution is 7.99. The number of phenolic OH excluding ortho intramolecular Hbond substituents is 1. The number of nitrogens with zero attached hydrogens (tertiary/aromatic N) is 4. The molecule has 0 radical (unpaired) electrons. The van der Waals surface area contributed by atoms with Gasteiger partial charge in [-0.2, -0.15) is 0 Å². The van der Waals surface area contributed by atoms with Gasteiger partial charge in [-0.05, 0) is 56.2 Å². The minimum Gasteiger partial charge on any atom is -0.507 e. The number of benzene rings is 1. The maximum Gasteiger partial charge on any atom is 0.185 e. The van der Waals surface area contributed by atoms with Crippen LogP contribution in [0.2, 0.25) is 0 Å². The lowest BCUT2D eigenvalue weighted by Gasteiger charge is -2.35. The summed E-state index contributed by atoms with van der Waals surface area (Å²) in [6.07, 6.45) is 10.1. The van der Waals surface area contributed by atoms with E-state index in [-0.39, 0.29) is 11.3 Å². The molecule has 3 aromatic rings. The normalized spacial score (nSPS) is 27.1. The van der Waals surface area contributed by atoms with Crippen LogP contribution < -0.4 is 5.32 Å². The molecule has 0 unspecified atom stereocenters. The molecule has 0 spiro atoms. The van der Waals surface area contributed by atoms with Crippen molar-refractivity contribution in [2.45, 2.75) is 54.5 Å². The Bertz CT molecular complexity index is 995. The number of thioether (sulfide) groups is 1. The molecule has 0 saturated carbocycles. The number of nitrogens with one attached hydrogen (secondary N) is 1. The van der Waals surface area contributed by atoms with E-state index in [2.05, 4.69) is 32.4 Å². The van der Waals surface area contributed by atoms with Crippen LogP contribution in [0.25, 0.3) is 22.2 Å². The minimum atomic E-state index is 0.139. The summed E-state index contributed by atoms with van der Waals surface area (Å²) in [5.41, 5.74) is 0.859. The van der Waals surface area contributed by atoms with Crippen molar-refractivity contribution in [3.05, 3.63) is 36.8 Å². The summed E-state index contributed by atoms with van der Waals surface area (Å²) in [5.74, 6) is 0.577. The summed E-state index contributed by atoms with van der Waals surface area (Å²) in [7, 11) is 0. The van der Waals surface area contributed by atoms with Crippen LogP contribution in [-0.4, -0.2) is 42.1 Å². The lowest BCUT2D eigenvalue weighted by atomic mass is 9.93. The molecule has 2 aliphatic heterocycles. The number of rotatable bonds is 3. The molecule has 5 rings (SSSR count). The van der Waals surface area contributed by atoms with Crippen LogP contribution in [0.5, 0.6) is 5.75 Å². The predicted octanol–water partition coefficient (Wildman–Crippen LogP) is 3.56. The fourth-order valence-electron chi connectivity index (χ4n) is 4.38. The fraction of sp³-hybridized carbons (Fsp3) is 0.400. The summed E-state index contributed by atoms with van der Waals surface area (Å²) in [6.45, 7) is 2.32. The van der Waals surface area contributed by atoms with E-state index in [0.717, 1.165) is 22.2 Å². The second-order valence-electron chi connectivity index (χ2n) is 7.83. The van der Waals surface area contributed by atoms with Gasteiger partial charge in [-0.1, -0.05) is 11.8 Å². The zero-order chi connectivity index (χ0) is 18.4. The van der Waals surface area contributed by atoms with Crippen LogP contribution in [0.1, 0.15) is 32.6 Å². The van der Waals surface area contributed by atoms with Crippen LogP contribution in [0.4, 0.5) is 0 Å². The minimum absolute atomic E-state index is 0.139.